The molecule has 0 spiro atoms. The fourth-order valence-electron chi connectivity index (χ4n) is 2.41. The first-order valence-electron chi connectivity index (χ1n) is 5.79. The molecule has 3 nitrogen and oxygen atoms in total. The summed E-state index contributed by atoms with van der Waals surface area (Å²) in [6, 6.07) is 1.73. The summed E-state index contributed by atoms with van der Waals surface area (Å²) in [7, 11) is 0. The zero-order valence-corrected chi connectivity index (χ0v) is 10.7. The predicted octanol–water partition coefficient (Wildman–Crippen LogP) is 3.02. The Morgan fingerprint density at radius 2 is 1.94 bits per heavy atom. The maximum absolute atomic E-state index is 10.1. The highest BCUT2D eigenvalue weighted by molar-refractivity contribution is 9.10. The van der Waals surface area contributed by atoms with Crippen LogP contribution in [0.5, 0.6) is 0 Å². The Balaban J connectivity index is 2.03. The summed E-state index contributed by atoms with van der Waals surface area (Å²) < 4.78 is 5.90. The van der Waals surface area contributed by atoms with Gasteiger partial charge in [-0.1, -0.05) is 19.3 Å². The lowest BCUT2D eigenvalue weighted by Gasteiger charge is -2.29. The smallest absolute Gasteiger partial charge is 0.149 e. The largest absolute Gasteiger partial charge is 0.465 e. The van der Waals surface area contributed by atoms with Gasteiger partial charge in [-0.3, -0.25) is 0 Å². The fourth-order valence-corrected chi connectivity index (χ4v) is 2.84. The average molecular weight is 289 g/mol. The third kappa shape index (κ3) is 2.50. The molecule has 0 radical (unpaired) electrons. The van der Waals surface area contributed by atoms with E-state index in [0.29, 0.717) is 5.76 Å². The number of hydrogen-bond acceptors (Lipinski definition) is 3. The van der Waals surface area contributed by atoms with Crippen LogP contribution >= 0.6 is 15.9 Å². The molecule has 1 aliphatic carbocycles. The van der Waals surface area contributed by atoms with Gasteiger partial charge in [0.15, 0.2) is 0 Å². The van der Waals surface area contributed by atoms with Gasteiger partial charge < -0.3 is 14.6 Å². The van der Waals surface area contributed by atoms with Gasteiger partial charge >= 0.3 is 0 Å². The SMILES string of the molecule is OC(c1occc1Br)C(O)C1CCCCC1. The molecule has 1 aromatic rings. The van der Waals surface area contributed by atoms with Gasteiger partial charge in [-0.2, -0.15) is 0 Å². The van der Waals surface area contributed by atoms with E-state index in [1.807, 2.05) is 0 Å². The molecule has 0 bridgehead atoms. The quantitative estimate of drug-likeness (QED) is 0.899. The summed E-state index contributed by atoms with van der Waals surface area (Å²) >= 11 is 3.29. The van der Waals surface area contributed by atoms with E-state index >= 15 is 0 Å². The monoisotopic (exact) mass is 288 g/mol. The average Bonchev–Trinajstić information content (AvgIpc) is 2.75. The minimum Gasteiger partial charge on any atom is -0.465 e. The standard InChI is InChI=1S/C12H17BrO3/c13-9-6-7-16-12(9)11(15)10(14)8-4-2-1-3-5-8/h6-8,10-11,14-15H,1-5H2. The van der Waals surface area contributed by atoms with Crippen molar-refractivity contribution in [1.82, 2.24) is 0 Å². The topological polar surface area (TPSA) is 53.6 Å². The lowest BCUT2D eigenvalue weighted by molar-refractivity contribution is -0.0385. The molecular weight excluding hydrogens is 272 g/mol. The second-order valence-corrected chi connectivity index (χ2v) is 5.32. The van der Waals surface area contributed by atoms with E-state index in [1.54, 1.807) is 6.07 Å². The van der Waals surface area contributed by atoms with Crippen LogP contribution in [0.3, 0.4) is 0 Å². The minimum atomic E-state index is -0.924. The highest BCUT2D eigenvalue weighted by Gasteiger charge is 2.31. The summed E-state index contributed by atoms with van der Waals surface area (Å²) in [6.07, 6.45) is 5.39. The summed E-state index contributed by atoms with van der Waals surface area (Å²) in [5.74, 6) is 0.624. The minimum absolute atomic E-state index is 0.195. The summed E-state index contributed by atoms with van der Waals surface area (Å²) in [6.45, 7) is 0. The van der Waals surface area contributed by atoms with Crippen LogP contribution in [0.15, 0.2) is 21.2 Å². The van der Waals surface area contributed by atoms with Crippen LogP contribution in [0.2, 0.25) is 0 Å². The summed E-state index contributed by atoms with van der Waals surface area (Å²) in [4.78, 5) is 0. The molecule has 0 aliphatic heterocycles. The molecule has 4 heteroatoms. The van der Waals surface area contributed by atoms with Gasteiger partial charge in [0.1, 0.15) is 11.9 Å². The number of aliphatic hydroxyl groups excluding tert-OH is 2. The fraction of sp³-hybridized carbons (Fsp3) is 0.667. The van der Waals surface area contributed by atoms with Crippen LogP contribution in [0.25, 0.3) is 0 Å². The zero-order valence-electron chi connectivity index (χ0n) is 9.10. The first kappa shape index (κ1) is 12.1. The normalized spacial score (nSPS) is 21.9. The molecule has 1 fully saturated rings. The van der Waals surface area contributed by atoms with Crippen LogP contribution in [-0.2, 0) is 0 Å². The number of halogens is 1. The maximum Gasteiger partial charge on any atom is 0.149 e. The van der Waals surface area contributed by atoms with E-state index in [4.69, 9.17) is 4.42 Å². The van der Waals surface area contributed by atoms with E-state index < -0.39 is 12.2 Å². The van der Waals surface area contributed by atoms with Crippen LogP contribution < -0.4 is 0 Å². The molecule has 0 saturated heterocycles. The Bertz CT molecular complexity index is 331. The second kappa shape index (κ2) is 5.34. The first-order chi connectivity index (χ1) is 7.70. The number of hydrogen-bond donors (Lipinski definition) is 2. The van der Waals surface area contributed by atoms with E-state index in [2.05, 4.69) is 15.9 Å². The number of rotatable bonds is 3. The van der Waals surface area contributed by atoms with Gasteiger partial charge in [-0.05, 0) is 40.8 Å². The lowest BCUT2D eigenvalue weighted by atomic mass is 9.83. The Labute approximate surface area is 104 Å². The molecular formula is C12H17BrO3. The van der Waals surface area contributed by atoms with Crippen LogP contribution in [0, 0.1) is 5.92 Å². The van der Waals surface area contributed by atoms with E-state index in [9.17, 15) is 10.2 Å². The molecule has 2 rings (SSSR count). The highest BCUT2D eigenvalue weighted by atomic mass is 79.9. The molecule has 90 valence electrons. The third-order valence-electron chi connectivity index (χ3n) is 3.37. The first-order valence-corrected chi connectivity index (χ1v) is 6.58. The van der Waals surface area contributed by atoms with E-state index in [-0.39, 0.29) is 5.92 Å². The van der Waals surface area contributed by atoms with Crippen LogP contribution in [0.4, 0.5) is 0 Å². The van der Waals surface area contributed by atoms with Crippen LogP contribution in [0.1, 0.15) is 44.0 Å². The van der Waals surface area contributed by atoms with Crippen molar-refractivity contribution in [3.63, 3.8) is 0 Å². The van der Waals surface area contributed by atoms with Gasteiger partial charge in [0, 0.05) is 0 Å². The van der Waals surface area contributed by atoms with Crippen molar-refractivity contribution >= 4 is 15.9 Å². The molecule has 1 aliphatic rings. The lowest BCUT2D eigenvalue weighted by Crippen LogP contribution is -2.29. The molecule has 1 saturated carbocycles. The number of furan rings is 1. The maximum atomic E-state index is 10.1. The predicted molar refractivity (Wildman–Crippen MR) is 63.9 cm³/mol. The molecule has 0 aromatic carbocycles. The Morgan fingerprint density at radius 3 is 2.50 bits per heavy atom. The van der Waals surface area contributed by atoms with Crippen molar-refractivity contribution < 1.29 is 14.6 Å². The molecule has 2 unspecified atom stereocenters. The molecule has 1 aromatic heterocycles. The molecule has 2 atom stereocenters. The van der Waals surface area contributed by atoms with Crippen molar-refractivity contribution in [2.24, 2.45) is 5.92 Å². The van der Waals surface area contributed by atoms with Crippen molar-refractivity contribution in [3.05, 3.63) is 22.6 Å². The molecule has 1 heterocycles. The molecule has 16 heavy (non-hydrogen) atoms. The Kier molecular flexibility index (Phi) is 4.05. The summed E-state index contributed by atoms with van der Waals surface area (Å²) in [5, 5.41) is 20.1. The third-order valence-corrected chi connectivity index (χ3v) is 4.02. The van der Waals surface area contributed by atoms with Gasteiger partial charge in [0.05, 0.1) is 16.8 Å². The second-order valence-electron chi connectivity index (χ2n) is 4.47. The van der Waals surface area contributed by atoms with Crippen molar-refractivity contribution in [2.45, 2.75) is 44.3 Å². The Morgan fingerprint density at radius 1 is 1.25 bits per heavy atom. The summed E-state index contributed by atoms with van der Waals surface area (Å²) in [5.41, 5.74) is 0. The van der Waals surface area contributed by atoms with E-state index in [0.717, 1.165) is 30.2 Å². The van der Waals surface area contributed by atoms with E-state index in [1.165, 1.54) is 12.7 Å². The van der Waals surface area contributed by atoms with Crippen molar-refractivity contribution in [3.8, 4) is 0 Å². The highest BCUT2D eigenvalue weighted by Crippen LogP contribution is 2.34. The molecule has 0 amide bonds. The van der Waals surface area contributed by atoms with Gasteiger partial charge in [-0.25, -0.2) is 0 Å². The van der Waals surface area contributed by atoms with Crippen molar-refractivity contribution in [2.75, 3.05) is 0 Å². The Hall–Kier alpha value is -0.320. The van der Waals surface area contributed by atoms with Crippen LogP contribution in [-0.4, -0.2) is 16.3 Å². The van der Waals surface area contributed by atoms with Gasteiger partial charge in [0.25, 0.3) is 0 Å². The van der Waals surface area contributed by atoms with Gasteiger partial charge in [0.2, 0.25) is 0 Å². The van der Waals surface area contributed by atoms with Gasteiger partial charge in [-0.15, -0.1) is 0 Å². The molecule has 2 N–H and O–H groups in total. The van der Waals surface area contributed by atoms with Crippen molar-refractivity contribution in [1.29, 1.82) is 0 Å². The number of aliphatic hydroxyl groups is 2. The zero-order chi connectivity index (χ0) is 11.5.